The maximum absolute atomic E-state index is 12.9. The minimum atomic E-state index is -3.75. The van der Waals surface area contributed by atoms with Crippen LogP contribution < -0.4 is 5.73 Å². The summed E-state index contributed by atoms with van der Waals surface area (Å²) in [6.07, 6.45) is 1.11. The van der Waals surface area contributed by atoms with Crippen molar-refractivity contribution < 1.29 is 16.8 Å². The number of hydrogen-bond acceptors (Lipinski definition) is 6. The van der Waals surface area contributed by atoms with E-state index in [0.717, 1.165) is 22.5 Å². The van der Waals surface area contributed by atoms with Gasteiger partial charge in [-0.05, 0) is 35.9 Å². The quantitative estimate of drug-likeness (QED) is 0.701. The summed E-state index contributed by atoms with van der Waals surface area (Å²) < 4.78 is 50.3. The summed E-state index contributed by atoms with van der Waals surface area (Å²) in [6.45, 7) is 0.266. The van der Waals surface area contributed by atoms with E-state index in [1.807, 2.05) is 6.07 Å². The van der Waals surface area contributed by atoms with E-state index in [2.05, 4.69) is 0 Å². The van der Waals surface area contributed by atoms with Crippen LogP contribution in [0.4, 0.5) is 0 Å². The summed E-state index contributed by atoms with van der Waals surface area (Å²) in [5.41, 5.74) is 6.57. The van der Waals surface area contributed by atoms with Crippen LogP contribution in [0.3, 0.4) is 0 Å². The summed E-state index contributed by atoms with van der Waals surface area (Å²) >= 11 is 1.11. The van der Waals surface area contributed by atoms with Crippen LogP contribution in [0.25, 0.3) is 11.1 Å². The fourth-order valence-electron chi connectivity index (χ4n) is 2.57. The highest BCUT2D eigenvalue weighted by atomic mass is 32.2. The molecule has 0 spiro atoms. The minimum Gasteiger partial charge on any atom is -0.326 e. The highest BCUT2D eigenvalue weighted by Gasteiger charge is 2.23. The summed E-state index contributed by atoms with van der Waals surface area (Å²) in [5.74, 6) is 0. The maximum Gasteiger partial charge on any atom is 0.215 e. The second-order valence-corrected chi connectivity index (χ2v) is 11.1. The predicted octanol–water partition coefficient (Wildman–Crippen LogP) is 3.11. The molecule has 0 saturated carbocycles. The average molecular weight is 408 g/mol. The number of benzene rings is 2. The number of hydrogen-bond donors (Lipinski definition) is 1. The van der Waals surface area contributed by atoms with E-state index in [0.29, 0.717) is 11.1 Å². The zero-order valence-electron chi connectivity index (χ0n) is 13.9. The molecule has 0 saturated heterocycles. The highest BCUT2D eigenvalue weighted by molar-refractivity contribution is 7.93. The SMILES string of the molecule is CS(=O)(=O)c1ccc(S(=O)(=O)c2ccc(CN)s2)cc1-c1ccccc1. The zero-order valence-corrected chi connectivity index (χ0v) is 16.4. The van der Waals surface area contributed by atoms with Gasteiger partial charge in [-0.1, -0.05) is 30.3 Å². The topological polar surface area (TPSA) is 94.3 Å². The van der Waals surface area contributed by atoms with Gasteiger partial charge in [0.2, 0.25) is 9.84 Å². The number of sulfone groups is 2. The Morgan fingerprint density at radius 3 is 2.19 bits per heavy atom. The van der Waals surface area contributed by atoms with Crippen LogP contribution in [-0.2, 0) is 26.2 Å². The highest BCUT2D eigenvalue weighted by Crippen LogP contribution is 2.33. The van der Waals surface area contributed by atoms with Gasteiger partial charge in [0.15, 0.2) is 9.84 Å². The largest absolute Gasteiger partial charge is 0.326 e. The van der Waals surface area contributed by atoms with Gasteiger partial charge in [-0.15, -0.1) is 11.3 Å². The van der Waals surface area contributed by atoms with Crippen LogP contribution in [0.1, 0.15) is 4.88 Å². The zero-order chi connectivity index (χ0) is 18.9. The average Bonchev–Trinajstić information content (AvgIpc) is 3.11. The van der Waals surface area contributed by atoms with Crippen molar-refractivity contribution in [1.29, 1.82) is 0 Å². The predicted molar refractivity (Wildman–Crippen MR) is 103 cm³/mol. The first-order chi connectivity index (χ1) is 12.2. The van der Waals surface area contributed by atoms with Crippen molar-refractivity contribution in [3.05, 3.63) is 65.5 Å². The molecule has 3 aromatic rings. The molecule has 3 rings (SSSR count). The van der Waals surface area contributed by atoms with Gasteiger partial charge < -0.3 is 5.73 Å². The lowest BCUT2D eigenvalue weighted by Gasteiger charge is -2.11. The molecule has 26 heavy (non-hydrogen) atoms. The molecule has 136 valence electrons. The molecule has 0 atom stereocenters. The van der Waals surface area contributed by atoms with E-state index >= 15 is 0 Å². The summed E-state index contributed by atoms with van der Waals surface area (Å²) in [4.78, 5) is 0.908. The molecule has 0 radical (unpaired) electrons. The molecule has 0 aliphatic carbocycles. The van der Waals surface area contributed by atoms with Crippen LogP contribution in [0, 0.1) is 0 Å². The maximum atomic E-state index is 12.9. The van der Waals surface area contributed by atoms with Crippen LogP contribution >= 0.6 is 11.3 Å². The standard InChI is InChI=1S/C18H17NO4S3/c1-25(20,21)17-9-8-15(11-16(17)13-5-3-2-4-6-13)26(22,23)18-10-7-14(12-19)24-18/h2-11H,12,19H2,1H3. The van der Waals surface area contributed by atoms with Crippen molar-refractivity contribution in [1.82, 2.24) is 0 Å². The van der Waals surface area contributed by atoms with Gasteiger partial charge in [0.05, 0.1) is 9.79 Å². The Bertz CT molecular complexity index is 1150. The Hall–Kier alpha value is -2.00. The normalized spacial score (nSPS) is 12.2. The van der Waals surface area contributed by atoms with Crippen molar-refractivity contribution in [2.75, 3.05) is 6.26 Å². The van der Waals surface area contributed by atoms with Crippen molar-refractivity contribution in [2.45, 2.75) is 20.5 Å². The van der Waals surface area contributed by atoms with E-state index in [-0.39, 0.29) is 20.5 Å². The fourth-order valence-corrected chi connectivity index (χ4v) is 6.13. The monoisotopic (exact) mass is 407 g/mol. The first-order valence-corrected chi connectivity index (χ1v) is 11.9. The Labute approximate surface area is 157 Å². The Balaban J connectivity index is 2.22. The molecule has 0 aliphatic rings. The molecule has 1 heterocycles. The summed E-state index contributed by atoms with van der Waals surface area (Å²) in [5, 5.41) is 0. The van der Waals surface area contributed by atoms with E-state index in [4.69, 9.17) is 5.73 Å². The molecule has 2 aromatic carbocycles. The molecule has 1 aromatic heterocycles. The van der Waals surface area contributed by atoms with E-state index in [1.54, 1.807) is 30.3 Å². The van der Waals surface area contributed by atoms with Crippen molar-refractivity contribution in [3.63, 3.8) is 0 Å². The smallest absolute Gasteiger partial charge is 0.215 e. The van der Waals surface area contributed by atoms with Gasteiger partial charge in [-0.3, -0.25) is 0 Å². The molecule has 0 fully saturated rings. The molecule has 0 amide bonds. The second-order valence-electron chi connectivity index (χ2n) is 5.72. The number of nitrogens with two attached hydrogens (primary N) is 1. The van der Waals surface area contributed by atoms with E-state index in [9.17, 15) is 16.8 Å². The molecule has 0 aliphatic heterocycles. The summed E-state index contributed by atoms with van der Waals surface area (Å²) in [6, 6.07) is 16.2. The lowest BCUT2D eigenvalue weighted by molar-refractivity contribution is 0.596. The van der Waals surface area contributed by atoms with Crippen molar-refractivity contribution >= 4 is 31.0 Å². The van der Waals surface area contributed by atoms with Crippen LogP contribution in [0.15, 0.2) is 74.7 Å². The van der Waals surface area contributed by atoms with Gasteiger partial charge in [0.25, 0.3) is 0 Å². The number of rotatable bonds is 5. The van der Waals surface area contributed by atoms with Crippen LogP contribution in [0.5, 0.6) is 0 Å². The lowest BCUT2D eigenvalue weighted by Crippen LogP contribution is -2.04. The van der Waals surface area contributed by atoms with Gasteiger partial charge in [0, 0.05) is 23.2 Å². The van der Waals surface area contributed by atoms with Gasteiger partial charge in [-0.25, -0.2) is 16.8 Å². The Morgan fingerprint density at radius 1 is 0.923 bits per heavy atom. The third-order valence-electron chi connectivity index (χ3n) is 3.85. The van der Waals surface area contributed by atoms with Gasteiger partial charge in [0.1, 0.15) is 4.21 Å². The Morgan fingerprint density at radius 2 is 1.62 bits per heavy atom. The molecule has 5 nitrogen and oxygen atoms in total. The van der Waals surface area contributed by atoms with Gasteiger partial charge in [-0.2, -0.15) is 0 Å². The van der Waals surface area contributed by atoms with E-state index < -0.39 is 19.7 Å². The lowest BCUT2D eigenvalue weighted by atomic mass is 10.1. The van der Waals surface area contributed by atoms with Gasteiger partial charge >= 0.3 is 0 Å². The third kappa shape index (κ3) is 3.59. The molecular formula is C18H17NO4S3. The Kier molecular flexibility index (Phi) is 5.03. The first-order valence-electron chi connectivity index (χ1n) is 7.67. The summed E-state index contributed by atoms with van der Waals surface area (Å²) in [7, 11) is -7.27. The molecular weight excluding hydrogens is 390 g/mol. The number of thiophene rings is 1. The minimum absolute atomic E-state index is 0.0502. The second kappa shape index (κ2) is 6.96. The molecule has 0 unspecified atom stereocenters. The third-order valence-corrected chi connectivity index (χ3v) is 8.35. The van der Waals surface area contributed by atoms with Crippen molar-refractivity contribution in [3.8, 4) is 11.1 Å². The van der Waals surface area contributed by atoms with Crippen LogP contribution in [0.2, 0.25) is 0 Å². The van der Waals surface area contributed by atoms with Crippen LogP contribution in [-0.4, -0.2) is 23.1 Å². The fraction of sp³-hybridized carbons (Fsp3) is 0.111. The molecule has 2 N–H and O–H groups in total. The van der Waals surface area contributed by atoms with E-state index in [1.165, 1.54) is 24.3 Å². The molecule has 8 heteroatoms. The van der Waals surface area contributed by atoms with Crippen molar-refractivity contribution in [2.24, 2.45) is 5.73 Å². The molecule has 0 bridgehead atoms. The first kappa shape index (κ1) is 18.8.